The third-order valence-corrected chi connectivity index (χ3v) is 5.66. The molecule has 4 heteroatoms. The van der Waals surface area contributed by atoms with Crippen molar-refractivity contribution in [2.45, 2.75) is 45.8 Å². The Kier molecular flexibility index (Phi) is 4.64. The molecule has 0 amide bonds. The van der Waals surface area contributed by atoms with E-state index < -0.39 is 9.84 Å². The van der Waals surface area contributed by atoms with Crippen LogP contribution in [0.1, 0.15) is 40.5 Å². The van der Waals surface area contributed by atoms with Crippen LogP contribution in [0.3, 0.4) is 0 Å². The average Bonchev–Trinajstić information content (AvgIpc) is 2.10. The van der Waals surface area contributed by atoms with Crippen LogP contribution in [0, 0.1) is 11.3 Å². The van der Waals surface area contributed by atoms with Gasteiger partial charge in [0.2, 0.25) is 0 Å². The lowest BCUT2D eigenvalue weighted by Crippen LogP contribution is -2.51. The summed E-state index contributed by atoms with van der Waals surface area (Å²) in [6, 6.07) is 0. The summed E-state index contributed by atoms with van der Waals surface area (Å²) in [6.45, 7) is 11.5. The molecule has 0 aromatic heterocycles. The van der Waals surface area contributed by atoms with Gasteiger partial charge in [-0.1, -0.05) is 27.7 Å². The minimum absolute atomic E-state index is 0.122. The third kappa shape index (κ3) is 4.25. The van der Waals surface area contributed by atoms with E-state index in [0.29, 0.717) is 5.92 Å². The Morgan fingerprint density at radius 3 is 2.35 bits per heavy atom. The highest BCUT2D eigenvalue weighted by atomic mass is 32.2. The van der Waals surface area contributed by atoms with E-state index in [2.05, 4.69) is 32.6 Å². The fraction of sp³-hybridized carbons (Fsp3) is 1.00. The van der Waals surface area contributed by atoms with Crippen molar-refractivity contribution < 1.29 is 8.42 Å². The number of nitrogens with zero attached hydrogens (tertiary/aromatic N) is 1. The minimum Gasteiger partial charge on any atom is -0.303 e. The van der Waals surface area contributed by atoms with E-state index in [9.17, 15) is 8.42 Å². The molecule has 1 saturated heterocycles. The van der Waals surface area contributed by atoms with E-state index in [4.69, 9.17) is 0 Å². The van der Waals surface area contributed by atoms with Gasteiger partial charge in [0, 0.05) is 12.8 Å². The van der Waals surface area contributed by atoms with Crippen molar-refractivity contribution >= 4 is 9.84 Å². The summed E-state index contributed by atoms with van der Waals surface area (Å²) in [5, 5.41) is -0.176. The van der Waals surface area contributed by atoms with Gasteiger partial charge in [-0.25, -0.2) is 8.42 Å². The van der Waals surface area contributed by atoms with Crippen molar-refractivity contribution in [3.05, 3.63) is 0 Å². The largest absolute Gasteiger partial charge is 0.303 e. The van der Waals surface area contributed by atoms with Gasteiger partial charge in [0.1, 0.15) is 0 Å². The van der Waals surface area contributed by atoms with Crippen LogP contribution >= 0.6 is 0 Å². The van der Waals surface area contributed by atoms with E-state index in [0.717, 1.165) is 26.1 Å². The molecule has 1 aliphatic heterocycles. The molecule has 0 aromatic carbocycles. The first-order valence-electron chi connectivity index (χ1n) is 6.54. The number of hydrogen-bond acceptors (Lipinski definition) is 3. The van der Waals surface area contributed by atoms with Crippen molar-refractivity contribution in [2.24, 2.45) is 11.3 Å². The molecule has 1 atom stereocenters. The molecule has 0 aromatic rings. The Hall–Kier alpha value is -0.0900. The van der Waals surface area contributed by atoms with Crippen LogP contribution in [0.2, 0.25) is 0 Å². The zero-order chi connectivity index (χ0) is 13.3. The fourth-order valence-electron chi connectivity index (χ4n) is 2.87. The number of rotatable bonds is 4. The van der Waals surface area contributed by atoms with E-state index in [1.165, 1.54) is 12.7 Å². The van der Waals surface area contributed by atoms with Crippen LogP contribution < -0.4 is 0 Å². The van der Waals surface area contributed by atoms with E-state index in [-0.39, 0.29) is 10.7 Å². The van der Waals surface area contributed by atoms with Crippen LogP contribution in [0.4, 0.5) is 0 Å². The van der Waals surface area contributed by atoms with Crippen LogP contribution in [0.5, 0.6) is 0 Å². The predicted octanol–water partition coefficient (Wildman–Crippen LogP) is 2.18. The quantitative estimate of drug-likeness (QED) is 0.778. The van der Waals surface area contributed by atoms with Crippen molar-refractivity contribution in [1.82, 2.24) is 4.90 Å². The van der Waals surface area contributed by atoms with Crippen molar-refractivity contribution in [3.63, 3.8) is 0 Å². The highest BCUT2D eigenvalue weighted by molar-refractivity contribution is 7.91. The third-order valence-electron chi connectivity index (χ3n) is 3.75. The summed E-state index contributed by atoms with van der Waals surface area (Å²) >= 11 is 0. The maximum absolute atomic E-state index is 11.8. The molecule has 0 aliphatic carbocycles. The summed E-state index contributed by atoms with van der Waals surface area (Å²) in [7, 11) is -2.91. The number of sulfone groups is 1. The van der Waals surface area contributed by atoms with Gasteiger partial charge in [-0.05, 0) is 37.3 Å². The summed E-state index contributed by atoms with van der Waals surface area (Å²) in [5.41, 5.74) is -0.122. The zero-order valence-corrected chi connectivity index (χ0v) is 12.7. The molecule has 1 unspecified atom stereocenters. The molecule has 0 N–H and O–H groups in total. The first-order chi connectivity index (χ1) is 7.63. The number of piperidine rings is 1. The van der Waals surface area contributed by atoms with Gasteiger partial charge >= 0.3 is 0 Å². The van der Waals surface area contributed by atoms with Crippen molar-refractivity contribution in [3.8, 4) is 0 Å². The Morgan fingerprint density at radius 1 is 1.35 bits per heavy atom. The standard InChI is InChI=1S/C13H27NO2S/c1-11(2)6-8-14-9-7-12(17(5,15)16)13(3,4)10-14/h11-12H,6-10H2,1-5H3. The minimum atomic E-state index is -2.91. The van der Waals surface area contributed by atoms with Gasteiger partial charge < -0.3 is 4.90 Å². The maximum atomic E-state index is 11.8. The lowest BCUT2D eigenvalue weighted by molar-refractivity contribution is 0.116. The lowest BCUT2D eigenvalue weighted by atomic mass is 9.83. The molecule has 0 spiro atoms. The predicted molar refractivity (Wildman–Crippen MR) is 72.9 cm³/mol. The molecule has 17 heavy (non-hydrogen) atoms. The Labute approximate surface area is 106 Å². The first kappa shape index (κ1) is 15.0. The van der Waals surface area contributed by atoms with Gasteiger partial charge in [0.25, 0.3) is 0 Å². The monoisotopic (exact) mass is 261 g/mol. The SMILES string of the molecule is CC(C)CCN1CCC(S(C)(=O)=O)C(C)(C)C1. The highest BCUT2D eigenvalue weighted by Crippen LogP contribution is 2.34. The second-order valence-corrected chi connectivity index (χ2v) is 8.78. The lowest BCUT2D eigenvalue weighted by Gasteiger charge is -2.43. The summed E-state index contributed by atoms with van der Waals surface area (Å²) in [5.74, 6) is 0.714. The highest BCUT2D eigenvalue weighted by Gasteiger charge is 2.41. The van der Waals surface area contributed by atoms with Gasteiger partial charge in [0.05, 0.1) is 5.25 Å². The Morgan fingerprint density at radius 2 is 1.94 bits per heavy atom. The van der Waals surface area contributed by atoms with Crippen LogP contribution in [-0.4, -0.2) is 44.5 Å². The number of hydrogen-bond donors (Lipinski definition) is 0. The summed E-state index contributed by atoms with van der Waals surface area (Å²) in [4.78, 5) is 2.42. The van der Waals surface area contributed by atoms with Gasteiger partial charge in [-0.3, -0.25) is 0 Å². The second-order valence-electron chi connectivity index (χ2n) is 6.55. The van der Waals surface area contributed by atoms with E-state index >= 15 is 0 Å². The number of likely N-dealkylation sites (tertiary alicyclic amines) is 1. The molecule has 3 nitrogen and oxygen atoms in total. The molecule has 1 heterocycles. The molecular formula is C13H27NO2S. The molecule has 102 valence electrons. The van der Waals surface area contributed by atoms with Crippen LogP contribution in [-0.2, 0) is 9.84 Å². The van der Waals surface area contributed by atoms with Crippen molar-refractivity contribution in [2.75, 3.05) is 25.9 Å². The fourth-order valence-corrected chi connectivity index (χ4v) is 4.64. The normalized spacial score (nSPS) is 26.4. The summed E-state index contributed by atoms with van der Waals surface area (Å²) in [6.07, 6.45) is 3.35. The van der Waals surface area contributed by atoms with Gasteiger partial charge in [-0.15, -0.1) is 0 Å². The van der Waals surface area contributed by atoms with E-state index in [1.807, 2.05) is 0 Å². The first-order valence-corrected chi connectivity index (χ1v) is 8.49. The molecule has 0 radical (unpaired) electrons. The molecular weight excluding hydrogens is 234 g/mol. The second kappa shape index (κ2) is 5.27. The molecule has 1 aliphatic rings. The summed E-state index contributed by atoms with van der Waals surface area (Å²) < 4.78 is 23.5. The molecule has 1 fully saturated rings. The Bertz CT molecular complexity index is 346. The van der Waals surface area contributed by atoms with Crippen molar-refractivity contribution in [1.29, 1.82) is 0 Å². The van der Waals surface area contributed by atoms with E-state index in [1.54, 1.807) is 0 Å². The zero-order valence-electron chi connectivity index (χ0n) is 11.9. The van der Waals surface area contributed by atoms with Crippen LogP contribution in [0.15, 0.2) is 0 Å². The molecule has 0 bridgehead atoms. The van der Waals surface area contributed by atoms with Gasteiger partial charge in [0.15, 0.2) is 9.84 Å². The maximum Gasteiger partial charge on any atom is 0.150 e. The molecule has 0 saturated carbocycles. The van der Waals surface area contributed by atoms with Crippen LogP contribution in [0.25, 0.3) is 0 Å². The molecule has 1 rings (SSSR count). The topological polar surface area (TPSA) is 37.4 Å². The van der Waals surface area contributed by atoms with Gasteiger partial charge in [-0.2, -0.15) is 0 Å². The Balaban J connectivity index is 2.63. The average molecular weight is 261 g/mol. The smallest absolute Gasteiger partial charge is 0.150 e.